The van der Waals surface area contributed by atoms with Crippen LogP contribution in [0.2, 0.25) is 0 Å². The Bertz CT molecular complexity index is 401. The Hall–Kier alpha value is -2.04. The van der Waals surface area contributed by atoms with Crippen molar-refractivity contribution >= 4 is 11.6 Å². The molecule has 5 nitrogen and oxygen atoms in total. The van der Waals surface area contributed by atoms with E-state index in [9.17, 15) is 0 Å². The standard InChI is InChI=1S/C9H11N5/c10-8-9(11)13-14(12-8)6-7-4-2-1-3-5-7/h1-5H,6H2,(H2,10,12)(H2,11,13). The summed E-state index contributed by atoms with van der Waals surface area (Å²) in [6, 6.07) is 9.88. The molecule has 1 heterocycles. The molecule has 0 fully saturated rings. The third-order valence-electron chi connectivity index (χ3n) is 1.88. The SMILES string of the molecule is Nc1nn(Cc2ccccc2)nc1N. The molecule has 72 valence electrons. The minimum absolute atomic E-state index is 0.279. The van der Waals surface area contributed by atoms with Crippen molar-refractivity contribution in [2.24, 2.45) is 0 Å². The van der Waals surface area contributed by atoms with E-state index in [0.29, 0.717) is 6.54 Å². The van der Waals surface area contributed by atoms with Crippen molar-refractivity contribution in [3.05, 3.63) is 35.9 Å². The molecule has 0 atom stereocenters. The monoisotopic (exact) mass is 189 g/mol. The van der Waals surface area contributed by atoms with Crippen molar-refractivity contribution in [1.29, 1.82) is 0 Å². The van der Waals surface area contributed by atoms with Crippen LogP contribution in [0, 0.1) is 0 Å². The average Bonchev–Trinajstić information content (AvgIpc) is 2.47. The molecule has 0 saturated heterocycles. The summed E-state index contributed by atoms with van der Waals surface area (Å²) in [6.45, 7) is 0.586. The van der Waals surface area contributed by atoms with Gasteiger partial charge in [0, 0.05) is 0 Å². The van der Waals surface area contributed by atoms with E-state index in [0.717, 1.165) is 5.56 Å². The second-order valence-corrected chi connectivity index (χ2v) is 2.99. The number of aromatic nitrogens is 3. The van der Waals surface area contributed by atoms with Gasteiger partial charge < -0.3 is 11.5 Å². The first-order valence-electron chi connectivity index (χ1n) is 4.26. The van der Waals surface area contributed by atoms with Gasteiger partial charge in [0.15, 0.2) is 11.6 Å². The van der Waals surface area contributed by atoms with Gasteiger partial charge in [0.05, 0.1) is 6.54 Å². The van der Waals surface area contributed by atoms with Crippen LogP contribution in [-0.4, -0.2) is 15.0 Å². The highest BCUT2D eigenvalue weighted by Crippen LogP contribution is 2.07. The molecular weight excluding hydrogens is 178 g/mol. The number of nitrogens with zero attached hydrogens (tertiary/aromatic N) is 3. The minimum Gasteiger partial charge on any atom is -0.379 e. The van der Waals surface area contributed by atoms with Gasteiger partial charge in [0.2, 0.25) is 0 Å². The summed E-state index contributed by atoms with van der Waals surface area (Å²) in [5.41, 5.74) is 12.1. The van der Waals surface area contributed by atoms with E-state index in [1.807, 2.05) is 30.3 Å². The number of nitrogen functional groups attached to an aromatic ring is 2. The van der Waals surface area contributed by atoms with Gasteiger partial charge in [-0.1, -0.05) is 30.3 Å². The van der Waals surface area contributed by atoms with Crippen molar-refractivity contribution in [3.63, 3.8) is 0 Å². The molecule has 0 saturated carbocycles. The van der Waals surface area contributed by atoms with Gasteiger partial charge in [-0.2, -0.15) is 4.80 Å². The first-order chi connectivity index (χ1) is 6.75. The predicted molar refractivity (Wildman–Crippen MR) is 54.4 cm³/mol. The topological polar surface area (TPSA) is 82.8 Å². The van der Waals surface area contributed by atoms with Crippen LogP contribution in [0.15, 0.2) is 30.3 Å². The first kappa shape index (κ1) is 8.55. The highest BCUT2D eigenvalue weighted by atomic mass is 15.5. The summed E-state index contributed by atoms with van der Waals surface area (Å²) in [4.78, 5) is 1.49. The summed E-state index contributed by atoms with van der Waals surface area (Å²) in [7, 11) is 0. The van der Waals surface area contributed by atoms with E-state index in [-0.39, 0.29) is 11.6 Å². The first-order valence-corrected chi connectivity index (χ1v) is 4.26. The maximum atomic E-state index is 5.47. The third-order valence-corrected chi connectivity index (χ3v) is 1.88. The number of benzene rings is 1. The molecule has 4 N–H and O–H groups in total. The Morgan fingerprint density at radius 3 is 2.14 bits per heavy atom. The van der Waals surface area contributed by atoms with Crippen LogP contribution in [0.25, 0.3) is 0 Å². The van der Waals surface area contributed by atoms with Crippen LogP contribution in [0.4, 0.5) is 11.6 Å². The Balaban J connectivity index is 2.19. The average molecular weight is 189 g/mol. The molecule has 1 aromatic carbocycles. The molecule has 0 spiro atoms. The van der Waals surface area contributed by atoms with Crippen LogP contribution in [0.5, 0.6) is 0 Å². The number of hydrogen-bond acceptors (Lipinski definition) is 4. The van der Waals surface area contributed by atoms with Crippen molar-refractivity contribution in [2.75, 3.05) is 11.5 Å². The lowest BCUT2D eigenvalue weighted by Gasteiger charge is -1.98. The molecule has 2 aromatic rings. The van der Waals surface area contributed by atoms with Crippen molar-refractivity contribution in [1.82, 2.24) is 15.0 Å². The molecule has 0 amide bonds. The van der Waals surface area contributed by atoms with Crippen LogP contribution in [0.3, 0.4) is 0 Å². The number of hydrogen-bond donors (Lipinski definition) is 2. The summed E-state index contributed by atoms with van der Waals surface area (Å²) in [5.74, 6) is 0.557. The predicted octanol–water partition coefficient (Wildman–Crippen LogP) is 0.491. The maximum absolute atomic E-state index is 5.47. The van der Waals surface area contributed by atoms with E-state index in [1.165, 1.54) is 4.80 Å². The van der Waals surface area contributed by atoms with Gasteiger partial charge in [0.1, 0.15) is 0 Å². The van der Waals surface area contributed by atoms with E-state index >= 15 is 0 Å². The highest BCUT2D eigenvalue weighted by molar-refractivity contribution is 5.50. The summed E-state index contributed by atoms with van der Waals surface area (Å²) in [5, 5.41) is 7.93. The fourth-order valence-corrected chi connectivity index (χ4v) is 1.19. The smallest absolute Gasteiger partial charge is 0.190 e. The molecule has 0 aliphatic heterocycles. The molecule has 0 radical (unpaired) electrons. The molecule has 0 aliphatic rings. The maximum Gasteiger partial charge on any atom is 0.190 e. The Labute approximate surface area is 81.3 Å². The fourth-order valence-electron chi connectivity index (χ4n) is 1.19. The zero-order valence-electron chi connectivity index (χ0n) is 7.59. The van der Waals surface area contributed by atoms with Gasteiger partial charge in [-0.05, 0) is 5.56 Å². The Morgan fingerprint density at radius 1 is 1.00 bits per heavy atom. The minimum atomic E-state index is 0.279. The van der Waals surface area contributed by atoms with Gasteiger partial charge >= 0.3 is 0 Å². The normalized spacial score (nSPS) is 10.3. The van der Waals surface area contributed by atoms with Crippen molar-refractivity contribution in [3.8, 4) is 0 Å². The van der Waals surface area contributed by atoms with Gasteiger partial charge in [0.25, 0.3) is 0 Å². The molecule has 2 rings (SSSR count). The fraction of sp³-hybridized carbons (Fsp3) is 0.111. The zero-order valence-corrected chi connectivity index (χ0v) is 7.59. The summed E-state index contributed by atoms with van der Waals surface area (Å²) in [6.07, 6.45) is 0. The van der Waals surface area contributed by atoms with Crippen LogP contribution < -0.4 is 11.5 Å². The highest BCUT2D eigenvalue weighted by Gasteiger charge is 2.03. The second-order valence-electron chi connectivity index (χ2n) is 2.99. The van der Waals surface area contributed by atoms with Crippen LogP contribution >= 0.6 is 0 Å². The zero-order chi connectivity index (χ0) is 9.97. The molecule has 1 aromatic heterocycles. The molecule has 0 bridgehead atoms. The van der Waals surface area contributed by atoms with E-state index in [1.54, 1.807) is 0 Å². The van der Waals surface area contributed by atoms with Crippen molar-refractivity contribution in [2.45, 2.75) is 6.54 Å². The molecule has 0 unspecified atom stereocenters. The van der Waals surface area contributed by atoms with Gasteiger partial charge in [-0.25, -0.2) is 0 Å². The third kappa shape index (κ3) is 1.66. The van der Waals surface area contributed by atoms with Gasteiger partial charge in [-0.15, -0.1) is 10.2 Å². The summed E-state index contributed by atoms with van der Waals surface area (Å²) < 4.78 is 0. The van der Waals surface area contributed by atoms with E-state index in [2.05, 4.69) is 10.2 Å². The molecule has 14 heavy (non-hydrogen) atoms. The number of rotatable bonds is 2. The lowest BCUT2D eigenvalue weighted by molar-refractivity contribution is 0.595. The van der Waals surface area contributed by atoms with Crippen molar-refractivity contribution < 1.29 is 0 Å². The number of anilines is 2. The number of nitrogens with two attached hydrogens (primary N) is 2. The van der Waals surface area contributed by atoms with E-state index < -0.39 is 0 Å². The van der Waals surface area contributed by atoms with E-state index in [4.69, 9.17) is 11.5 Å². The molecular formula is C9H11N5. The van der Waals surface area contributed by atoms with Crippen LogP contribution in [-0.2, 0) is 6.54 Å². The second kappa shape index (κ2) is 3.37. The largest absolute Gasteiger partial charge is 0.379 e. The van der Waals surface area contributed by atoms with Crippen LogP contribution in [0.1, 0.15) is 5.56 Å². The Kier molecular flexibility index (Phi) is 2.06. The van der Waals surface area contributed by atoms with Gasteiger partial charge in [-0.3, -0.25) is 0 Å². The lowest BCUT2D eigenvalue weighted by Crippen LogP contribution is -2.04. The molecule has 5 heteroatoms. The quantitative estimate of drug-likeness (QED) is 0.720. The molecule has 0 aliphatic carbocycles. The lowest BCUT2D eigenvalue weighted by atomic mass is 10.2. The summed E-state index contributed by atoms with van der Waals surface area (Å²) >= 11 is 0. The Morgan fingerprint density at radius 2 is 1.57 bits per heavy atom.